The molecule has 138 valence electrons. The van der Waals surface area contributed by atoms with Crippen LogP contribution in [0.4, 0.5) is 10.1 Å². The molecule has 0 aliphatic carbocycles. The Morgan fingerprint density at radius 3 is 2.73 bits per heavy atom. The molecule has 0 aliphatic heterocycles. The highest BCUT2D eigenvalue weighted by molar-refractivity contribution is 5.92. The Labute approximate surface area is 155 Å². The minimum absolute atomic E-state index is 0.117. The van der Waals surface area contributed by atoms with Gasteiger partial charge in [0, 0.05) is 25.4 Å². The van der Waals surface area contributed by atoms with Gasteiger partial charge in [0.05, 0.1) is 6.04 Å². The topological polar surface area (TPSA) is 32.3 Å². The number of anilines is 1. The van der Waals surface area contributed by atoms with E-state index in [1.54, 1.807) is 18.2 Å². The second kappa shape index (κ2) is 9.18. The lowest BCUT2D eigenvalue weighted by Gasteiger charge is -2.23. The summed E-state index contributed by atoms with van der Waals surface area (Å²) in [6.45, 7) is 7.20. The third kappa shape index (κ3) is 5.45. The summed E-state index contributed by atoms with van der Waals surface area (Å²) in [6, 6.07) is 12.3. The van der Waals surface area contributed by atoms with Crippen LogP contribution in [-0.2, 0) is 4.79 Å². The van der Waals surface area contributed by atoms with E-state index in [0.717, 1.165) is 18.5 Å². The molecule has 0 radical (unpaired) electrons. The Hall–Kier alpha value is -2.62. The molecule has 0 heterocycles. The first-order valence-electron chi connectivity index (χ1n) is 8.96. The van der Waals surface area contributed by atoms with E-state index in [9.17, 15) is 9.18 Å². The van der Waals surface area contributed by atoms with Gasteiger partial charge in [0.1, 0.15) is 5.82 Å². The van der Waals surface area contributed by atoms with Crippen LogP contribution in [0.25, 0.3) is 6.08 Å². The zero-order chi connectivity index (χ0) is 19.1. The third-order valence-electron chi connectivity index (χ3n) is 4.34. The van der Waals surface area contributed by atoms with Gasteiger partial charge in [-0.2, -0.15) is 0 Å². The van der Waals surface area contributed by atoms with Gasteiger partial charge >= 0.3 is 0 Å². The number of hydrogen-bond donors (Lipinski definition) is 1. The summed E-state index contributed by atoms with van der Waals surface area (Å²) >= 11 is 0. The van der Waals surface area contributed by atoms with Crippen molar-refractivity contribution in [3.63, 3.8) is 0 Å². The van der Waals surface area contributed by atoms with Gasteiger partial charge in [-0.05, 0) is 61.2 Å². The van der Waals surface area contributed by atoms with Crippen molar-refractivity contribution in [1.82, 2.24) is 5.32 Å². The second-order valence-corrected chi connectivity index (χ2v) is 6.59. The van der Waals surface area contributed by atoms with Crippen molar-refractivity contribution >= 4 is 17.7 Å². The number of hydrogen-bond acceptors (Lipinski definition) is 2. The molecule has 0 bridgehead atoms. The SMILES string of the molecule is CCCN(C)c1cc(C(C)NC(=O)/C=C/c2cccc(F)c2)ccc1C. The van der Waals surface area contributed by atoms with Crippen molar-refractivity contribution in [3.8, 4) is 0 Å². The first kappa shape index (κ1) is 19.7. The quantitative estimate of drug-likeness (QED) is 0.720. The molecule has 4 heteroatoms. The lowest BCUT2D eigenvalue weighted by molar-refractivity contribution is -0.117. The number of carbonyl (C=O) groups is 1. The monoisotopic (exact) mass is 354 g/mol. The van der Waals surface area contributed by atoms with E-state index in [4.69, 9.17) is 0 Å². The number of carbonyl (C=O) groups excluding carboxylic acids is 1. The van der Waals surface area contributed by atoms with E-state index < -0.39 is 0 Å². The molecule has 1 amide bonds. The van der Waals surface area contributed by atoms with Crippen molar-refractivity contribution in [2.24, 2.45) is 0 Å². The molecule has 1 unspecified atom stereocenters. The van der Waals surface area contributed by atoms with E-state index in [1.807, 2.05) is 13.0 Å². The van der Waals surface area contributed by atoms with Gasteiger partial charge in [-0.3, -0.25) is 4.79 Å². The maximum Gasteiger partial charge on any atom is 0.244 e. The van der Waals surface area contributed by atoms with E-state index in [2.05, 4.69) is 43.2 Å². The fourth-order valence-corrected chi connectivity index (χ4v) is 2.89. The fourth-order valence-electron chi connectivity index (χ4n) is 2.89. The van der Waals surface area contributed by atoms with Gasteiger partial charge in [-0.15, -0.1) is 0 Å². The zero-order valence-corrected chi connectivity index (χ0v) is 15.9. The summed E-state index contributed by atoms with van der Waals surface area (Å²) in [4.78, 5) is 14.4. The van der Waals surface area contributed by atoms with Gasteiger partial charge < -0.3 is 10.2 Å². The van der Waals surface area contributed by atoms with E-state index in [-0.39, 0.29) is 17.8 Å². The van der Waals surface area contributed by atoms with E-state index in [0.29, 0.717) is 5.56 Å². The number of amides is 1. The van der Waals surface area contributed by atoms with Crippen molar-refractivity contribution in [2.75, 3.05) is 18.5 Å². The van der Waals surface area contributed by atoms with Gasteiger partial charge in [0.2, 0.25) is 5.91 Å². The molecular formula is C22H27FN2O. The molecule has 26 heavy (non-hydrogen) atoms. The molecule has 1 N–H and O–H groups in total. The predicted molar refractivity (Wildman–Crippen MR) is 107 cm³/mol. The first-order chi connectivity index (χ1) is 12.4. The summed E-state index contributed by atoms with van der Waals surface area (Å²) < 4.78 is 13.2. The molecule has 0 spiro atoms. The number of nitrogens with one attached hydrogen (secondary N) is 1. The lowest BCUT2D eigenvalue weighted by Crippen LogP contribution is -2.25. The van der Waals surface area contributed by atoms with Gasteiger partial charge in [0.25, 0.3) is 0 Å². The van der Waals surface area contributed by atoms with Crippen LogP contribution in [-0.4, -0.2) is 19.5 Å². The Bertz CT molecular complexity index is 785. The van der Waals surface area contributed by atoms with Crippen molar-refractivity contribution in [2.45, 2.75) is 33.2 Å². The minimum atomic E-state index is -0.315. The second-order valence-electron chi connectivity index (χ2n) is 6.59. The highest BCUT2D eigenvalue weighted by atomic mass is 19.1. The molecule has 2 aromatic carbocycles. The molecule has 0 saturated heterocycles. The predicted octanol–water partition coefficient (Wildman–Crippen LogP) is 4.87. The van der Waals surface area contributed by atoms with Crippen LogP contribution in [0.2, 0.25) is 0 Å². The highest BCUT2D eigenvalue weighted by Crippen LogP contribution is 2.24. The number of aryl methyl sites for hydroxylation is 1. The molecule has 3 nitrogen and oxygen atoms in total. The van der Waals surface area contributed by atoms with Gasteiger partial charge in [0.15, 0.2) is 0 Å². The van der Waals surface area contributed by atoms with Gasteiger partial charge in [-0.1, -0.05) is 31.2 Å². The van der Waals surface area contributed by atoms with Crippen LogP contribution >= 0.6 is 0 Å². The van der Waals surface area contributed by atoms with Gasteiger partial charge in [-0.25, -0.2) is 4.39 Å². The maximum absolute atomic E-state index is 13.2. The van der Waals surface area contributed by atoms with Crippen molar-refractivity contribution in [1.29, 1.82) is 0 Å². The molecular weight excluding hydrogens is 327 g/mol. The Balaban J connectivity index is 2.05. The van der Waals surface area contributed by atoms with Crippen LogP contribution in [0.1, 0.15) is 43.0 Å². The Kier molecular flexibility index (Phi) is 6.96. The third-order valence-corrected chi connectivity index (χ3v) is 4.34. The number of benzene rings is 2. The van der Waals surface area contributed by atoms with Crippen molar-refractivity contribution in [3.05, 3.63) is 71.0 Å². The first-order valence-corrected chi connectivity index (χ1v) is 8.96. The van der Waals surface area contributed by atoms with Crippen LogP contribution in [0.5, 0.6) is 0 Å². The molecule has 0 aromatic heterocycles. The average Bonchev–Trinajstić information content (AvgIpc) is 2.60. The van der Waals surface area contributed by atoms with Crippen LogP contribution in [0.3, 0.4) is 0 Å². The average molecular weight is 354 g/mol. The molecule has 1 atom stereocenters. The Morgan fingerprint density at radius 1 is 1.27 bits per heavy atom. The summed E-state index contributed by atoms with van der Waals surface area (Å²) in [5.74, 6) is -0.518. The molecule has 0 saturated carbocycles. The number of halogens is 1. The zero-order valence-electron chi connectivity index (χ0n) is 15.9. The number of rotatable bonds is 7. The number of nitrogens with zero attached hydrogens (tertiary/aromatic N) is 1. The van der Waals surface area contributed by atoms with Crippen LogP contribution < -0.4 is 10.2 Å². The van der Waals surface area contributed by atoms with Crippen molar-refractivity contribution < 1.29 is 9.18 Å². The van der Waals surface area contributed by atoms with Crippen LogP contribution in [0.15, 0.2) is 48.5 Å². The largest absolute Gasteiger partial charge is 0.374 e. The molecule has 0 fully saturated rings. The molecule has 2 rings (SSSR count). The Morgan fingerprint density at radius 2 is 2.04 bits per heavy atom. The molecule has 2 aromatic rings. The van der Waals surface area contributed by atoms with E-state index in [1.165, 1.54) is 29.5 Å². The van der Waals surface area contributed by atoms with Crippen LogP contribution in [0, 0.1) is 12.7 Å². The summed E-state index contributed by atoms with van der Waals surface area (Å²) in [7, 11) is 2.08. The normalized spacial score (nSPS) is 12.2. The minimum Gasteiger partial charge on any atom is -0.374 e. The summed E-state index contributed by atoms with van der Waals surface area (Å²) in [5.41, 5.74) is 4.11. The standard InChI is InChI=1S/C22H27FN2O/c1-5-13-25(4)21-15-19(11-9-16(21)2)17(3)24-22(26)12-10-18-7-6-8-20(23)14-18/h6-12,14-15,17H,5,13H2,1-4H3,(H,24,26)/b12-10+. The highest BCUT2D eigenvalue weighted by Gasteiger charge is 2.11. The lowest BCUT2D eigenvalue weighted by atomic mass is 10.0. The van der Waals surface area contributed by atoms with E-state index >= 15 is 0 Å². The fraction of sp³-hybridized carbons (Fsp3) is 0.318. The molecule has 0 aliphatic rings. The smallest absolute Gasteiger partial charge is 0.244 e. The summed E-state index contributed by atoms with van der Waals surface area (Å²) in [5, 5.41) is 2.96. The maximum atomic E-state index is 13.2. The summed E-state index contributed by atoms with van der Waals surface area (Å²) in [6.07, 6.45) is 4.13.